The van der Waals surface area contributed by atoms with E-state index in [0.29, 0.717) is 19.6 Å². The molecule has 1 N–H and O–H groups in total. The number of hydrogen-bond donors (Lipinski definition) is 1. The fourth-order valence-corrected chi connectivity index (χ4v) is 2.36. The van der Waals surface area contributed by atoms with Gasteiger partial charge in [0.05, 0.1) is 13.1 Å². The molecule has 0 aliphatic carbocycles. The summed E-state index contributed by atoms with van der Waals surface area (Å²) in [6.45, 7) is 4.83. The molecule has 1 fully saturated rings. The number of carboxylic acid groups (broad SMARTS) is 1. The van der Waals surface area contributed by atoms with Crippen molar-refractivity contribution in [2.45, 2.75) is 26.4 Å². The Labute approximate surface area is 117 Å². The van der Waals surface area contributed by atoms with Crippen LogP contribution in [0.5, 0.6) is 0 Å². The number of rotatable bonds is 6. The van der Waals surface area contributed by atoms with Gasteiger partial charge in [-0.2, -0.15) is 0 Å². The molecular formula is C13H20N4O3. The second kappa shape index (κ2) is 6.51. The summed E-state index contributed by atoms with van der Waals surface area (Å²) < 4.78 is 2.09. The first kappa shape index (κ1) is 14.5. The molecule has 2 rings (SSSR count). The Kier molecular flexibility index (Phi) is 4.73. The van der Waals surface area contributed by atoms with Gasteiger partial charge in [0.15, 0.2) is 0 Å². The van der Waals surface area contributed by atoms with Gasteiger partial charge < -0.3 is 14.6 Å². The van der Waals surface area contributed by atoms with Crippen LogP contribution in [-0.4, -0.2) is 62.5 Å². The van der Waals surface area contributed by atoms with Crippen LogP contribution in [-0.2, 0) is 22.7 Å². The van der Waals surface area contributed by atoms with Crippen molar-refractivity contribution in [3.8, 4) is 0 Å². The monoisotopic (exact) mass is 280 g/mol. The van der Waals surface area contributed by atoms with E-state index >= 15 is 0 Å². The van der Waals surface area contributed by atoms with Crippen molar-refractivity contribution in [3.05, 3.63) is 18.2 Å². The number of aliphatic carboxylic acids is 1. The summed E-state index contributed by atoms with van der Waals surface area (Å²) in [5, 5.41) is 8.73. The number of piperazine rings is 1. The maximum atomic E-state index is 11.9. The van der Waals surface area contributed by atoms with E-state index in [1.54, 1.807) is 6.20 Å². The quantitative estimate of drug-likeness (QED) is 0.795. The average molecular weight is 280 g/mol. The first-order valence-electron chi connectivity index (χ1n) is 6.82. The molecule has 1 aliphatic heterocycles. The maximum absolute atomic E-state index is 11.9. The summed E-state index contributed by atoms with van der Waals surface area (Å²) in [6.07, 6.45) is 4.75. The van der Waals surface area contributed by atoms with Crippen molar-refractivity contribution in [1.82, 2.24) is 19.4 Å². The molecule has 110 valence electrons. The molecule has 1 aliphatic rings. The number of hydrogen-bond acceptors (Lipinski definition) is 4. The van der Waals surface area contributed by atoms with E-state index in [9.17, 15) is 9.59 Å². The predicted octanol–water partition coefficient (Wildman–Crippen LogP) is 0.0219. The highest BCUT2D eigenvalue weighted by Gasteiger charge is 2.25. The minimum absolute atomic E-state index is 0.132. The van der Waals surface area contributed by atoms with E-state index in [0.717, 1.165) is 18.8 Å². The van der Waals surface area contributed by atoms with Crippen molar-refractivity contribution in [1.29, 1.82) is 0 Å². The zero-order valence-corrected chi connectivity index (χ0v) is 11.7. The van der Waals surface area contributed by atoms with Gasteiger partial charge in [-0.1, -0.05) is 6.92 Å². The fourth-order valence-electron chi connectivity index (χ4n) is 2.36. The molecule has 0 atom stereocenters. The normalized spacial score (nSPS) is 16.6. The van der Waals surface area contributed by atoms with Gasteiger partial charge >= 0.3 is 5.97 Å². The predicted molar refractivity (Wildman–Crippen MR) is 72.0 cm³/mol. The SMILES string of the molecule is CCCn1ccnc1CN1CCN(CC(=O)O)C(=O)C1. The first-order valence-corrected chi connectivity index (χ1v) is 6.82. The third kappa shape index (κ3) is 3.57. The average Bonchev–Trinajstić information content (AvgIpc) is 2.80. The first-order chi connectivity index (χ1) is 9.60. The lowest BCUT2D eigenvalue weighted by Gasteiger charge is -2.33. The van der Waals surface area contributed by atoms with Gasteiger partial charge in [0, 0.05) is 32.0 Å². The largest absolute Gasteiger partial charge is 0.480 e. The molecule has 0 radical (unpaired) electrons. The summed E-state index contributed by atoms with van der Waals surface area (Å²) >= 11 is 0. The zero-order valence-electron chi connectivity index (χ0n) is 11.7. The van der Waals surface area contributed by atoms with Gasteiger partial charge in [-0.15, -0.1) is 0 Å². The van der Waals surface area contributed by atoms with E-state index in [1.807, 2.05) is 11.1 Å². The van der Waals surface area contributed by atoms with E-state index in [1.165, 1.54) is 4.90 Å². The second-order valence-corrected chi connectivity index (χ2v) is 4.96. The minimum atomic E-state index is -0.967. The Morgan fingerprint density at radius 1 is 1.45 bits per heavy atom. The lowest BCUT2D eigenvalue weighted by atomic mass is 10.3. The number of carbonyl (C=O) groups excluding carboxylic acids is 1. The topological polar surface area (TPSA) is 78.7 Å². The highest BCUT2D eigenvalue weighted by Crippen LogP contribution is 2.09. The number of carbonyl (C=O) groups is 2. The molecule has 20 heavy (non-hydrogen) atoms. The molecular weight excluding hydrogens is 260 g/mol. The molecule has 0 aromatic carbocycles. The van der Waals surface area contributed by atoms with Crippen LogP contribution in [0.1, 0.15) is 19.2 Å². The van der Waals surface area contributed by atoms with Crippen LogP contribution >= 0.6 is 0 Å². The molecule has 1 amide bonds. The molecule has 0 bridgehead atoms. The fraction of sp³-hybridized carbons (Fsp3) is 0.615. The second-order valence-electron chi connectivity index (χ2n) is 4.96. The van der Waals surface area contributed by atoms with Crippen LogP contribution in [0.4, 0.5) is 0 Å². The summed E-state index contributed by atoms with van der Waals surface area (Å²) in [5.41, 5.74) is 0. The summed E-state index contributed by atoms with van der Waals surface area (Å²) in [7, 11) is 0. The van der Waals surface area contributed by atoms with Gasteiger partial charge in [0.25, 0.3) is 0 Å². The Balaban J connectivity index is 1.91. The van der Waals surface area contributed by atoms with Crippen LogP contribution < -0.4 is 0 Å². The minimum Gasteiger partial charge on any atom is -0.480 e. The Morgan fingerprint density at radius 3 is 2.90 bits per heavy atom. The van der Waals surface area contributed by atoms with Crippen molar-refractivity contribution < 1.29 is 14.7 Å². The van der Waals surface area contributed by atoms with Crippen LogP contribution in [0, 0.1) is 0 Å². The molecule has 0 spiro atoms. The Hall–Kier alpha value is -1.89. The molecule has 7 heteroatoms. The van der Waals surface area contributed by atoms with Crippen molar-refractivity contribution in [3.63, 3.8) is 0 Å². The van der Waals surface area contributed by atoms with E-state index in [2.05, 4.69) is 16.5 Å². The third-order valence-corrected chi connectivity index (χ3v) is 3.36. The molecule has 0 unspecified atom stereocenters. The standard InChI is InChI=1S/C13H20N4O3/c1-2-4-16-5-3-14-11(16)8-15-6-7-17(10-13(19)20)12(18)9-15/h3,5H,2,4,6-10H2,1H3,(H,19,20). The highest BCUT2D eigenvalue weighted by atomic mass is 16.4. The number of aryl methyl sites for hydroxylation is 1. The molecule has 1 aromatic rings. The van der Waals surface area contributed by atoms with Crippen molar-refractivity contribution in [2.75, 3.05) is 26.2 Å². The van der Waals surface area contributed by atoms with Crippen LogP contribution in [0.2, 0.25) is 0 Å². The number of imidazole rings is 1. The molecule has 0 saturated carbocycles. The van der Waals surface area contributed by atoms with E-state index in [-0.39, 0.29) is 19.0 Å². The third-order valence-electron chi connectivity index (χ3n) is 3.36. The van der Waals surface area contributed by atoms with Crippen molar-refractivity contribution >= 4 is 11.9 Å². The number of amides is 1. The smallest absolute Gasteiger partial charge is 0.323 e. The van der Waals surface area contributed by atoms with Crippen LogP contribution in [0.15, 0.2) is 12.4 Å². The van der Waals surface area contributed by atoms with Gasteiger partial charge in [-0.05, 0) is 6.42 Å². The molecule has 7 nitrogen and oxygen atoms in total. The van der Waals surface area contributed by atoms with E-state index < -0.39 is 5.97 Å². The lowest BCUT2D eigenvalue weighted by molar-refractivity contribution is -0.147. The molecule has 1 aromatic heterocycles. The zero-order chi connectivity index (χ0) is 14.5. The van der Waals surface area contributed by atoms with Crippen LogP contribution in [0.3, 0.4) is 0 Å². The maximum Gasteiger partial charge on any atom is 0.323 e. The van der Waals surface area contributed by atoms with Crippen LogP contribution in [0.25, 0.3) is 0 Å². The van der Waals surface area contributed by atoms with Gasteiger partial charge in [0.1, 0.15) is 12.4 Å². The number of nitrogens with zero attached hydrogens (tertiary/aromatic N) is 4. The number of carboxylic acids is 1. The molecule has 1 saturated heterocycles. The van der Waals surface area contributed by atoms with Gasteiger partial charge in [0.2, 0.25) is 5.91 Å². The molecule has 2 heterocycles. The summed E-state index contributed by atoms with van der Waals surface area (Å²) in [4.78, 5) is 30.2. The van der Waals surface area contributed by atoms with Crippen molar-refractivity contribution in [2.24, 2.45) is 0 Å². The lowest BCUT2D eigenvalue weighted by Crippen LogP contribution is -2.51. The van der Waals surface area contributed by atoms with Gasteiger partial charge in [-0.25, -0.2) is 4.98 Å². The Morgan fingerprint density at radius 2 is 2.25 bits per heavy atom. The Bertz CT molecular complexity index is 486. The van der Waals surface area contributed by atoms with Gasteiger partial charge in [-0.3, -0.25) is 14.5 Å². The van der Waals surface area contributed by atoms with E-state index in [4.69, 9.17) is 5.11 Å². The summed E-state index contributed by atoms with van der Waals surface area (Å²) in [6, 6.07) is 0. The number of aromatic nitrogens is 2. The summed E-state index contributed by atoms with van der Waals surface area (Å²) in [5.74, 6) is -0.149. The highest BCUT2D eigenvalue weighted by molar-refractivity contribution is 5.83.